The summed E-state index contributed by atoms with van der Waals surface area (Å²) in [5, 5.41) is 6.90. The Morgan fingerprint density at radius 1 is 1.05 bits per heavy atom. The van der Waals surface area contributed by atoms with Gasteiger partial charge in [0, 0.05) is 12.5 Å². The van der Waals surface area contributed by atoms with E-state index in [1.807, 2.05) is 0 Å². The number of esters is 2. The summed E-state index contributed by atoms with van der Waals surface area (Å²) in [7, 11) is -4.26. The summed E-state index contributed by atoms with van der Waals surface area (Å²) in [5.41, 5.74) is -0.793. The van der Waals surface area contributed by atoms with Crippen LogP contribution in [0.4, 0.5) is 0 Å². The van der Waals surface area contributed by atoms with Crippen molar-refractivity contribution in [3.63, 3.8) is 0 Å². The molecule has 1 saturated carbocycles. The van der Waals surface area contributed by atoms with E-state index in [-0.39, 0.29) is 36.1 Å². The van der Waals surface area contributed by atoms with Crippen LogP contribution < -0.4 is 5.14 Å². The third kappa shape index (κ3) is 7.77. The fourth-order valence-electron chi connectivity index (χ4n) is 4.90. The highest BCUT2D eigenvalue weighted by Crippen LogP contribution is 2.34. The maximum absolute atomic E-state index is 13.8. The summed E-state index contributed by atoms with van der Waals surface area (Å²) >= 11 is 0. The number of primary sulfonamides is 1. The van der Waals surface area contributed by atoms with Gasteiger partial charge in [-0.1, -0.05) is 43.5 Å². The minimum absolute atomic E-state index is 0.0912. The lowest BCUT2D eigenvalue weighted by atomic mass is 9.90. The Balaban J connectivity index is 2.09. The molecule has 2 aromatic carbocycles. The summed E-state index contributed by atoms with van der Waals surface area (Å²) in [4.78, 5) is 40.9. The summed E-state index contributed by atoms with van der Waals surface area (Å²) in [6.07, 6.45) is 3.99. The van der Waals surface area contributed by atoms with E-state index in [1.54, 1.807) is 58.0 Å². The van der Waals surface area contributed by atoms with Gasteiger partial charge in [-0.15, -0.1) is 0 Å². The van der Waals surface area contributed by atoms with Crippen molar-refractivity contribution in [2.75, 3.05) is 13.2 Å². The van der Waals surface area contributed by atoms with Crippen LogP contribution in [-0.2, 0) is 33.9 Å². The Labute approximate surface area is 224 Å². The lowest BCUT2D eigenvalue weighted by Gasteiger charge is -2.35. The van der Waals surface area contributed by atoms with Crippen LogP contribution in [0.15, 0.2) is 41.3 Å². The van der Waals surface area contributed by atoms with Crippen LogP contribution in [0.2, 0.25) is 0 Å². The van der Waals surface area contributed by atoms with Crippen molar-refractivity contribution in [1.82, 2.24) is 4.90 Å². The molecule has 1 aliphatic rings. The first-order valence-corrected chi connectivity index (χ1v) is 14.6. The van der Waals surface area contributed by atoms with Gasteiger partial charge in [-0.3, -0.25) is 14.4 Å². The highest BCUT2D eigenvalue weighted by atomic mass is 32.2. The fraction of sp³-hybridized carbons (Fsp3) is 0.536. The topological polar surface area (TPSA) is 133 Å². The molecule has 3 rings (SSSR count). The van der Waals surface area contributed by atoms with Crippen LogP contribution in [0.3, 0.4) is 0 Å². The number of hydrogen-bond donors (Lipinski definition) is 1. The fourth-order valence-corrected chi connectivity index (χ4v) is 5.72. The first-order valence-electron chi connectivity index (χ1n) is 13.0. The predicted octanol–water partition coefficient (Wildman–Crippen LogP) is 4.03. The maximum Gasteiger partial charge on any atom is 0.325 e. The second-order valence-electron chi connectivity index (χ2n) is 10.7. The molecule has 2 aromatic rings. The molecule has 0 heterocycles. The van der Waals surface area contributed by atoms with Crippen LogP contribution in [0.5, 0.6) is 0 Å². The smallest absolute Gasteiger partial charge is 0.325 e. The van der Waals surface area contributed by atoms with Crippen molar-refractivity contribution in [2.45, 2.75) is 88.7 Å². The third-order valence-corrected chi connectivity index (χ3v) is 7.54. The van der Waals surface area contributed by atoms with Crippen LogP contribution in [-0.4, -0.2) is 56.0 Å². The van der Waals surface area contributed by atoms with Gasteiger partial charge in [0.25, 0.3) is 0 Å². The third-order valence-electron chi connectivity index (χ3n) is 6.57. The summed E-state index contributed by atoms with van der Waals surface area (Å²) in [6, 6.07) is 9.91. The number of sulfonamides is 1. The number of hydrogen-bond acceptors (Lipinski definition) is 7. The molecule has 208 valence electrons. The highest BCUT2D eigenvalue weighted by molar-refractivity contribution is 7.89. The van der Waals surface area contributed by atoms with Crippen molar-refractivity contribution in [2.24, 2.45) is 5.14 Å². The minimum atomic E-state index is -4.26. The normalized spacial score (nSPS) is 15.6. The van der Waals surface area contributed by atoms with Gasteiger partial charge in [-0.2, -0.15) is 0 Å². The molecule has 1 amide bonds. The quantitative estimate of drug-likeness (QED) is 0.470. The molecule has 2 N–H and O–H groups in total. The molecule has 1 atom stereocenters. The molecule has 0 unspecified atom stereocenters. The van der Waals surface area contributed by atoms with E-state index in [1.165, 1.54) is 11.0 Å². The molecule has 0 aliphatic heterocycles. The van der Waals surface area contributed by atoms with Gasteiger partial charge in [0.2, 0.25) is 15.9 Å². The summed E-state index contributed by atoms with van der Waals surface area (Å²) in [6.45, 7) is 6.72. The van der Waals surface area contributed by atoms with Gasteiger partial charge >= 0.3 is 11.9 Å². The molecule has 38 heavy (non-hydrogen) atoms. The lowest BCUT2D eigenvalue weighted by Crippen LogP contribution is -2.46. The average molecular weight is 547 g/mol. The van der Waals surface area contributed by atoms with Gasteiger partial charge in [0.15, 0.2) is 0 Å². The van der Waals surface area contributed by atoms with Crippen molar-refractivity contribution in [3.05, 3.63) is 42.0 Å². The van der Waals surface area contributed by atoms with Gasteiger partial charge < -0.3 is 14.4 Å². The number of ether oxygens (including phenoxy) is 2. The number of carbonyl (C=O) groups is 3. The second-order valence-corrected chi connectivity index (χ2v) is 12.2. The SMILES string of the molecule is CCOC(=O)CN(C(=O)C[C@H](C(=O)OC(C)(C)C)c1cc2ccccc2cc1S(N)(=O)=O)C1CCCCC1. The van der Waals surface area contributed by atoms with Gasteiger partial charge in [0.1, 0.15) is 12.1 Å². The Hall–Kier alpha value is -2.98. The standard InChI is InChI=1S/C28H38N2O7S/c1-5-36-26(32)18-30(21-13-7-6-8-14-21)25(31)17-23(27(33)37-28(2,3)4)22-15-19-11-9-10-12-20(19)16-24(22)38(29,34)35/h9-12,15-16,21,23H,5-8,13-14,17-18H2,1-4H3,(H2,29,34,35)/t23-/m0/s1. The van der Waals surface area contributed by atoms with E-state index < -0.39 is 39.4 Å². The summed E-state index contributed by atoms with van der Waals surface area (Å²) in [5.74, 6) is -2.98. The zero-order chi connectivity index (χ0) is 28.1. The number of amides is 1. The van der Waals surface area contributed by atoms with Crippen LogP contribution >= 0.6 is 0 Å². The first-order chi connectivity index (χ1) is 17.8. The van der Waals surface area contributed by atoms with Crippen molar-refractivity contribution >= 4 is 38.6 Å². The molecular formula is C28H38N2O7S. The van der Waals surface area contributed by atoms with Crippen LogP contribution in [0, 0.1) is 0 Å². The first kappa shape index (κ1) is 29.6. The molecule has 1 aliphatic carbocycles. The lowest BCUT2D eigenvalue weighted by molar-refractivity contribution is -0.159. The number of carbonyl (C=O) groups excluding carboxylic acids is 3. The number of nitrogens with zero attached hydrogens (tertiary/aromatic N) is 1. The number of nitrogens with two attached hydrogens (primary N) is 1. The number of benzene rings is 2. The molecule has 0 bridgehead atoms. The van der Waals surface area contributed by atoms with Crippen molar-refractivity contribution in [3.8, 4) is 0 Å². The van der Waals surface area contributed by atoms with Crippen molar-refractivity contribution < 1.29 is 32.3 Å². The molecular weight excluding hydrogens is 508 g/mol. The molecule has 1 fully saturated rings. The van der Waals surface area contributed by atoms with E-state index in [2.05, 4.69) is 0 Å². The Bertz CT molecular complexity index is 1280. The largest absolute Gasteiger partial charge is 0.465 e. The van der Waals surface area contributed by atoms with Gasteiger partial charge in [0.05, 0.1) is 17.4 Å². The molecule has 0 spiro atoms. The maximum atomic E-state index is 13.8. The average Bonchev–Trinajstić information content (AvgIpc) is 2.84. The second kappa shape index (κ2) is 12.3. The highest BCUT2D eigenvalue weighted by Gasteiger charge is 2.36. The number of fused-ring (bicyclic) bond motifs is 1. The van der Waals surface area contributed by atoms with Crippen LogP contribution in [0.1, 0.15) is 77.7 Å². The predicted molar refractivity (Wildman–Crippen MR) is 144 cm³/mol. The number of rotatable bonds is 9. The van der Waals surface area contributed by atoms with E-state index in [9.17, 15) is 22.8 Å². The monoisotopic (exact) mass is 546 g/mol. The van der Waals surface area contributed by atoms with Gasteiger partial charge in [-0.05, 0) is 69.0 Å². The molecule has 9 nitrogen and oxygen atoms in total. The van der Waals surface area contributed by atoms with E-state index in [0.29, 0.717) is 10.8 Å². The zero-order valence-corrected chi connectivity index (χ0v) is 23.4. The molecule has 10 heteroatoms. The Kier molecular flexibility index (Phi) is 9.54. The molecule has 0 radical (unpaired) electrons. The Morgan fingerprint density at radius 3 is 2.21 bits per heavy atom. The van der Waals surface area contributed by atoms with Crippen LogP contribution in [0.25, 0.3) is 10.8 Å². The molecule has 0 saturated heterocycles. The van der Waals surface area contributed by atoms with Crippen molar-refractivity contribution in [1.29, 1.82) is 0 Å². The van der Waals surface area contributed by atoms with E-state index in [4.69, 9.17) is 14.6 Å². The van der Waals surface area contributed by atoms with Gasteiger partial charge in [-0.25, -0.2) is 13.6 Å². The Morgan fingerprint density at radius 2 is 1.66 bits per heavy atom. The molecule has 0 aromatic heterocycles. The summed E-state index contributed by atoms with van der Waals surface area (Å²) < 4.78 is 36.1. The minimum Gasteiger partial charge on any atom is -0.465 e. The van der Waals surface area contributed by atoms with E-state index >= 15 is 0 Å². The van der Waals surface area contributed by atoms with E-state index in [0.717, 1.165) is 32.1 Å². The zero-order valence-electron chi connectivity index (χ0n) is 22.6.